The highest BCUT2D eigenvalue weighted by molar-refractivity contribution is 5.71. The second-order valence-corrected chi connectivity index (χ2v) is 21.7. The molecule has 1 atom stereocenters. The van der Waals surface area contributed by atoms with Crippen LogP contribution < -0.4 is 0 Å². The molecule has 0 saturated carbocycles. The topological polar surface area (TPSA) is 78.9 Å². The van der Waals surface area contributed by atoms with Gasteiger partial charge >= 0.3 is 17.9 Å². The summed E-state index contributed by atoms with van der Waals surface area (Å²) in [6.45, 7) is 6.67. The highest BCUT2D eigenvalue weighted by Gasteiger charge is 2.19. The van der Waals surface area contributed by atoms with Gasteiger partial charge in [0.2, 0.25) is 0 Å². The zero-order chi connectivity index (χ0) is 52.2. The van der Waals surface area contributed by atoms with Crippen molar-refractivity contribution in [2.75, 3.05) is 13.2 Å². The predicted octanol–water partition coefficient (Wildman–Crippen LogP) is 21.6. The highest BCUT2D eigenvalue weighted by atomic mass is 16.6. The van der Waals surface area contributed by atoms with Crippen LogP contribution in [-0.2, 0) is 28.6 Å². The van der Waals surface area contributed by atoms with Crippen molar-refractivity contribution in [3.05, 3.63) is 36.5 Å². The lowest BCUT2D eigenvalue weighted by Gasteiger charge is -2.18. The third-order valence-electron chi connectivity index (χ3n) is 14.3. The molecular formula is C66H122O6. The molecule has 0 aliphatic heterocycles. The van der Waals surface area contributed by atoms with E-state index in [4.69, 9.17) is 14.2 Å². The van der Waals surface area contributed by atoms with Crippen molar-refractivity contribution in [3.8, 4) is 0 Å². The highest BCUT2D eigenvalue weighted by Crippen LogP contribution is 2.17. The molecule has 0 N–H and O–H groups in total. The summed E-state index contributed by atoms with van der Waals surface area (Å²) >= 11 is 0. The van der Waals surface area contributed by atoms with Crippen LogP contribution in [-0.4, -0.2) is 37.2 Å². The molecule has 0 heterocycles. The molecule has 0 aromatic carbocycles. The van der Waals surface area contributed by atoms with Crippen LogP contribution in [0.25, 0.3) is 0 Å². The Balaban J connectivity index is 4.29. The van der Waals surface area contributed by atoms with Gasteiger partial charge in [-0.2, -0.15) is 0 Å². The molecule has 0 bridgehead atoms. The molecule has 0 aliphatic carbocycles. The lowest BCUT2D eigenvalue weighted by atomic mass is 10.0. The van der Waals surface area contributed by atoms with Crippen LogP contribution in [0.1, 0.15) is 348 Å². The normalized spacial score (nSPS) is 12.2. The number of hydrogen-bond acceptors (Lipinski definition) is 6. The molecule has 0 aromatic rings. The first-order valence-electron chi connectivity index (χ1n) is 32.0. The van der Waals surface area contributed by atoms with Crippen LogP contribution in [0.4, 0.5) is 0 Å². The van der Waals surface area contributed by atoms with Gasteiger partial charge in [-0.05, 0) is 96.3 Å². The molecule has 0 aliphatic rings. The summed E-state index contributed by atoms with van der Waals surface area (Å²) in [7, 11) is 0. The van der Waals surface area contributed by atoms with Crippen LogP contribution in [0.15, 0.2) is 36.5 Å². The molecule has 6 nitrogen and oxygen atoms in total. The molecule has 1 unspecified atom stereocenters. The van der Waals surface area contributed by atoms with Gasteiger partial charge in [0.05, 0.1) is 0 Å². The van der Waals surface area contributed by atoms with Crippen LogP contribution in [0.5, 0.6) is 0 Å². The van der Waals surface area contributed by atoms with Crippen LogP contribution in [0.3, 0.4) is 0 Å². The van der Waals surface area contributed by atoms with Crippen LogP contribution in [0.2, 0.25) is 0 Å². The average Bonchev–Trinajstić information content (AvgIpc) is 3.38. The van der Waals surface area contributed by atoms with E-state index in [0.717, 1.165) is 64.2 Å². The number of rotatable bonds is 59. The summed E-state index contributed by atoms with van der Waals surface area (Å²) in [6, 6.07) is 0. The Morgan fingerprint density at radius 2 is 0.458 bits per heavy atom. The molecule has 0 radical (unpaired) electrons. The van der Waals surface area contributed by atoms with E-state index >= 15 is 0 Å². The van der Waals surface area contributed by atoms with E-state index in [1.807, 2.05) is 0 Å². The van der Waals surface area contributed by atoms with Gasteiger partial charge in [-0.3, -0.25) is 14.4 Å². The van der Waals surface area contributed by atoms with Crippen molar-refractivity contribution in [3.63, 3.8) is 0 Å². The summed E-state index contributed by atoms with van der Waals surface area (Å²) in [5.41, 5.74) is 0. The van der Waals surface area contributed by atoms with Crippen molar-refractivity contribution in [1.82, 2.24) is 0 Å². The number of carbonyl (C=O) groups excluding carboxylic acids is 3. The monoisotopic (exact) mass is 1010 g/mol. The Kier molecular flexibility index (Phi) is 59.2. The molecule has 0 fully saturated rings. The quantitative estimate of drug-likeness (QED) is 0.0261. The Hall–Kier alpha value is -2.37. The van der Waals surface area contributed by atoms with Crippen LogP contribution in [0, 0.1) is 0 Å². The SMILES string of the molecule is CCCCCCC/C=C\CCCCCCCC(=O)OCC(COC(=O)CCCCCCCCCCCCC/C=C\CCCCCCCCCC)OC(=O)CCCCCCCCC/C=C\CCCCCCCC. The maximum Gasteiger partial charge on any atom is 0.306 e. The third-order valence-corrected chi connectivity index (χ3v) is 14.3. The molecule has 422 valence electrons. The summed E-state index contributed by atoms with van der Waals surface area (Å²) in [5, 5.41) is 0. The van der Waals surface area contributed by atoms with Gasteiger partial charge in [-0.25, -0.2) is 0 Å². The van der Waals surface area contributed by atoms with Gasteiger partial charge in [0.1, 0.15) is 13.2 Å². The smallest absolute Gasteiger partial charge is 0.306 e. The Bertz CT molecular complexity index is 1210. The van der Waals surface area contributed by atoms with E-state index in [9.17, 15) is 14.4 Å². The van der Waals surface area contributed by atoms with Gasteiger partial charge in [-0.15, -0.1) is 0 Å². The molecule has 0 amide bonds. The van der Waals surface area contributed by atoms with E-state index in [1.165, 1.54) is 244 Å². The first-order valence-corrected chi connectivity index (χ1v) is 32.0. The van der Waals surface area contributed by atoms with Crippen LogP contribution >= 0.6 is 0 Å². The van der Waals surface area contributed by atoms with Crippen molar-refractivity contribution in [2.45, 2.75) is 354 Å². The molecular weight excluding hydrogens is 889 g/mol. The minimum atomic E-state index is -0.777. The number of ether oxygens (including phenoxy) is 3. The standard InChI is InChI=1S/C66H122O6/c1-4-7-10-13-16-19-22-25-28-30-31-32-33-34-35-37-38-41-44-47-50-53-56-59-65(68)71-62-63(61-70-64(67)58-55-52-49-46-43-40-27-24-21-18-15-12-9-6-3)72-66(69)60-57-54-51-48-45-42-39-36-29-26-23-20-17-14-11-8-5-2/h24,26-27,29-31,63H,4-23,25,28,32-62H2,1-3H3/b27-24-,29-26-,31-30-. The zero-order valence-corrected chi connectivity index (χ0v) is 48.5. The second-order valence-electron chi connectivity index (χ2n) is 21.7. The first-order chi connectivity index (χ1) is 35.5. The fraction of sp³-hybridized carbons (Fsp3) is 0.864. The maximum absolute atomic E-state index is 12.9. The largest absolute Gasteiger partial charge is 0.462 e. The van der Waals surface area contributed by atoms with E-state index in [2.05, 4.69) is 57.2 Å². The number of unbranched alkanes of at least 4 members (excludes halogenated alkanes) is 42. The number of allylic oxidation sites excluding steroid dienone is 6. The Morgan fingerprint density at radius 1 is 0.264 bits per heavy atom. The Morgan fingerprint density at radius 3 is 0.694 bits per heavy atom. The van der Waals surface area contributed by atoms with Gasteiger partial charge in [0.15, 0.2) is 6.10 Å². The summed E-state index contributed by atoms with van der Waals surface area (Å²) < 4.78 is 16.9. The second kappa shape index (κ2) is 61.2. The van der Waals surface area contributed by atoms with E-state index in [0.29, 0.717) is 19.3 Å². The fourth-order valence-electron chi connectivity index (χ4n) is 9.49. The first kappa shape index (κ1) is 69.6. The molecule has 72 heavy (non-hydrogen) atoms. The van der Waals surface area contributed by atoms with Gasteiger partial charge in [0.25, 0.3) is 0 Å². The van der Waals surface area contributed by atoms with E-state index in [1.54, 1.807) is 0 Å². The third kappa shape index (κ3) is 58.5. The van der Waals surface area contributed by atoms with Gasteiger partial charge in [0, 0.05) is 19.3 Å². The zero-order valence-electron chi connectivity index (χ0n) is 48.5. The van der Waals surface area contributed by atoms with Gasteiger partial charge in [-0.1, -0.05) is 269 Å². The Labute approximate surface area is 448 Å². The number of esters is 3. The molecule has 6 heteroatoms. The van der Waals surface area contributed by atoms with Crippen molar-refractivity contribution >= 4 is 17.9 Å². The lowest BCUT2D eigenvalue weighted by molar-refractivity contribution is -0.167. The molecule has 0 spiro atoms. The van der Waals surface area contributed by atoms with E-state index < -0.39 is 6.10 Å². The molecule has 0 rings (SSSR count). The minimum absolute atomic E-state index is 0.0740. The van der Waals surface area contributed by atoms with E-state index in [-0.39, 0.29) is 31.1 Å². The van der Waals surface area contributed by atoms with Crippen molar-refractivity contribution in [2.24, 2.45) is 0 Å². The fourth-order valence-corrected chi connectivity index (χ4v) is 9.49. The lowest BCUT2D eigenvalue weighted by Crippen LogP contribution is -2.30. The number of hydrogen-bond donors (Lipinski definition) is 0. The maximum atomic E-state index is 12.9. The minimum Gasteiger partial charge on any atom is -0.462 e. The molecule has 0 saturated heterocycles. The van der Waals surface area contributed by atoms with Crippen molar-refractivity contribution in [1.29, 1.82) is 0 Å². The summed E-state index contributed by atoms with van der Waals surface area (Å²) in [5.74, 6) is -0.867. The summed E-state index contributed by atoms with van der Waals surface area (Å²) in [6.07, 6.45) is 74.3. The van der Waals surface area contributed by atoms with Gasteiger partial charge < -0.3 is 14.2 Å². The number of carbonyl (C=O) groups is 3. The predicted molar refractivity (Wildman–Crippen MR) is 312 cm³/mol. The molecule has 0 aromatic heterocycles. The average molecular weight is 1010 g/mol. The summed E-state index contributed by atoms with van der Waals surface area (Å²) in [4.78, 5) is 38.3. The van der Waals surface area contributed by atoms with Crippen molar-refractivity contribution < 1.29 is 28.6 Å².